The molecule has 0 spiro atoms. The molecule has 1 saturated carbocycles. The lowest BCUT2D eigenvalue weighted by Crippen LogP contribution is -2.45. The molecular formula is C24H25F3N4O3. The van der Waals surface area contributed by atoms with Crippen LogP contribution in [-0.2, 0) is 27.3 Å². The fourth-order valence-corrected chi connectivity index (χ4v) is 3.97. The summed E-state index contributed by atoms with van der Waals surface area (Å²) in [7, 11) is 0. The number of nitrogens with one attached hydrogen (secondary N) is 1. The molecule has 0 radical (unpaired) electrons. The van der Waals surface area contributed by atoms with Gasteiger partial charge in [0, 0.05) is 36.8 Å². The Balaban J connectivity index is 1.45. The van der Waals surface area contributed by atoms with Crippen molar-refractivity contribution in [3.05, 3.63) is 65.0 Å². The highest BCUT2D eigenvalue weighted by Gasteiger charge is 2.32. The number of rotatable bonds is 7. The van der Waals surface area contributed by atoms with Crippen LogP contribution < -0.4 is 16.0 Å². The maximum Gasteiger partial charge on any atom is 0.247 e. The summed E-state index contributed by atoms with van der Waals surface area (Å²) in [6, 6.07) is 7.48. The first-order valence-corrected chi connectivity index (χ1v) is 11.1. The molecule has 1 aliphatic carbocycles. The quantitative estimate of drug-likeness (QED) is 0.601. The van der Waals surface area contributed by atoms with E-state index >= 15 is 0 Å². The van der Waals surface area contributed by atoms with Crippen LogP contribution in [0.15, 0.2) is 36.4 Å². The molecule has 180 valence electrons. The van der Waals surface area contributed by atoms with E-state index in [0.29, 0.717) is 17.3 Å². The fourth-order valence-electron chi connectivity index (χ4n) is 3.97. The first-order chi connectivity index (χ1) is 16.2. The number of carbonyl (C=O) groups excluding carboxylic acids is 3. The van der Waals surface area contributed by atoms with Gasteiger partial charge in [-0.15, -0.1) is 0 Å². The molecule has 7 nitrogen and oxygen atoms in total. The van der Waals surface area contributed by atoms with Gasteiger partial charge in [0.25, 0.3) is 0 Å². The molecule has 10 heteroatoms. The monoisotopic (exact) mass is 474 g/mol. The van der Waals surface area contributed by atoms with E-state index in [0.717, 1.165) is 18.9 Å². The molecular weight excluding hydrogens is 449 g/mol. The number of benzene rings is 2. The fraction of sp³-hybridized carbons (Fsp3) is 0.375. The molecule has 1 unspecified atom stereocenters. The minimum absolute atomic E-state index is 0.133. The predicted octanol–water partition coefficient (Wildman–Crippen LogP) is 2.02. The number of carbonyl (C=O) groups is 3. The van der Waals surface area contributed by atoms with Gasteiger partial charge >= 0.3 is 0 Å². The van der Waals surface area contributed by atoms with E-state index in [1.165, 1.54) is 9.80 Å². The minimum atomic E-state index is -1.30. The Morgan fingerprint density at radius 2 is 1.76 bits per heavy atom. The van der Waals surface area contributed by atoms with Gasteiger partial charge in [0.05, 0.1) is 0 Å². The lowest BCUT2D eigenvalue weighted by atomic mass is 10.0. The third-order valence-electron chi connectivity index (χ3n) is 5.88. The Morgan fingerprint density at radius 3 is 2.50 bits per heavy atom. The van der Waals surface area contributed by atoms with Gasteiger partial charge in [0.2, 0.25) is 17.7 Å². The molecule has 2 aromatic rings. The average molecular weight is 474 g/mol. The molecule has 0 saturated heterocycles. The lowest BCUT2D eigenvalue weighted by molar-refractivity contribution is -0.136. The summed E-state index contributed by atoms with van der Waals surface area (Å²) in [4.78, 5) is 41.0. The maximum absolute atomic E-state index is 13.9. The van der Waals surface area contributed by atoms with E-state index in [-0.39, 0.29) is 50.0 Å². The number of anilines is 1. The summed E-state index contributed by atoms with van der Waals surface area (Å²) >= 11 is 0. The Morgan fingerprint density at radius 1 is 1.06 bits per heavy atom. The summed E-state index contributed by atoms with van der Waals surface area (Å²) in [5, 5.41) is 2.86. The van der Waals surface area contributed by atoms with Crippen molar-refractivity contribution in [1.29, 1.82) is 0 Å². The van der Waals surface area contributed by atoms with Crippen molar-refractivity contribution in [2.45, 2.75) is 44.3 Å². The van der Waals surface area contributed by atoms with Gasteiger partial charge in [-0.3, -0.25) is 14.4 Å². The van der Waals surface area contributed by atoms with Crippen LogP contribution in [0.2, 0.25) is 0 Å². The molecule has 3 N–H and O–H groups in total. The zero-order valence-electron chi connectivity index (χ0n) is 18.4. The van der Waals surface area contributed by atoms with E-state index in [2.05, 4.69) is 5.32 Å². The van der Waals surface area contributed by atoms with E-state index in [4.69, 9.17) is 5.73 Å². The number of amides is 3. The van der Waals surface area contributed by atoms with Gasteiger partial charge in [0.15, 0.2) is 11.6 Å². The molecule has 0 aromatic heterocycles. The van der Waals surface area contributed by atoms with Gasteiger partial charge < -0.3 is 20.9 Å². The van der Waals surface area contributed by atoms with Crippen molar-refractivity contribution < 1.29 is 27.6 Å². The van der Waals surface area contributed by atoms with E-state index in [9.17, 15) is 27.6 Å². The Kier molecular flexibility index (Phi) is 6.87. The van der Waals surface area contributed by atoms with Gasteiger partial charge in [-0.05, 0) is 42.5 Å². The molecule has 1 fully saturated rings. The number of halogens is 3. The number of nitrogens with two attached hydrogens (primary N) is 1. The molecule has 1 heterocycles. The van der Waals surface area contributed by atoms with Crippen LogP contribution in [0.25, 0.3) is 0 Å². The minimum Gasteiger partial charge on any atom is -0.352 e. The molecule has 3 amide bonds. The molecule has 34 heavy (non-hydrogen) atoms. The second-order valence-corrected chi connectivity index (χ2v) is 8.73. The van der Waals surface area contributed by atoms with Crippen molar-refractivity contribution >= 4 is 23.4 Å². The topological polar surface area (TPSA) is 95.7 Å². The van der Waals surface area contributed by atoms with Crippen LogP contribution in [0.4, 0.5) is 18.9 Å². The van der Waals surface area contributed by atoms with Crippen molar-refractivity contribution in [3.8, 4) is 0 Å². The molecule has 1 atom stereocenters. The van der Waals surface area contributed by atoms with Crippen LogP contribution in [0, 0.1) is 17.5 Å². The second-order valence-electron chi connectivity index (χ2n) is 8.73. The predicted molar refractivity (Wildman–Crippen MR) is 118 cm³/mol. The van der Waals surface area contributed by atoms with Gasteiger partial charge in [0.1, 0.15) is 18.9 Å². The first kappa shape index (κ1) is 23.7. The number of nitrogens with zero attached hydrogens (tertiary/aromatic N) is 2. The standard InChI is InChI=1S/C24H25F3N4O3/c25-18-10-20(27)19(26)8-15(18)7-16(28)9-23(33)30-11-14-3-1-2-4-21(14)31(24(34)13-30)12-22(32)29-17-5-6-17/h1-4,8,10,16-17H,5-7,9,11-13,28H2,(H,29,32). The number of para-hydroxylation sites is 1. The highest BCUT2D eigenvalue weighted by Crippen LogP contribution is 2.26. The SMILES string of the molecule is NC(CC(=O)N1CC(=O)N(CC(=O)NC2CC2)c2ccccc2C1)Cc1cc(F)c(F)cc1F. The van der Waals surface area contributed by atoms with Crippen LogP contribution in [0.3, 0.4) is 0 Å². The van der Waals surface area contributed by atoms with E-state index in [1.807, 2.05) is 0 Å². The van der Waals surface area contributed by atoms with Crippen molar-refractivity contribution in [1.82, 2.24) is 10.2 Å². The van der Waals surface area contributed by atoms with E-state index < -0.39 is 35.3 Å². The third kappa shape index (κ3) is 5.56. The molecule has 0 bridgehead atoms. The summed E-state index contributed by atoms with van der Waals surface area (Å²) in [5.41, 5.74) is 7.12. The summed E-state index contributed by atoms with van der Waals surface area (Å²) in [6.45, 7) is -0.270. The third-order valence-corrected chi connectivity index (χ3v) is 5.88. The number of hydrogen-bond donors (Lipinski definition) is 2. The van der Waals surface area contributed by atoms with Crippen molar-refractivity contribution in [3.63, 3.8) is 0 Å². The van der Waals surface area contributed by atoms with Crippen molar-refractivity contribution in [2.75, 3.05) is 18.0 Å². The summed E-state index contributed by atoms with van der Waals surface area (Å²) in [6.07, 6.45) is 1.44. The zero-order chi connectivity index (χ0) is 24.4. The second kappa shape index (κ2) is 9.84. The Hall–Kier alpha value is -3.40. The molecule has 2 aromatic carbocycles. The van der Waals surface area contributed by atoms with Crippen LogP contribution in [-0.4, -0.2) is 47.8 Å². The van der Waals surface area contributed by atoms with Gasteiger partial charge in [-0.25, -0.2) is 13.2 Å². The Labute approximate surface area is 194 Å². The van der Waals surface area contributed by atoms with Gasteiger partial charge in [-0.1, -0.05) is 18.2 Å². The maximum atomic E-state index is 13.9. The van der Waals surface area contributed by atoms with Crippen LogP contribution in [0.5, 0.6) is 0 Å². The Bertz CT molecular complexity index is 1120. The van der Waals surface area contributed by atoms with Crippen LogP contribution in [0.1, 0.15) is 30.4 Å². The highest BCUT2D eigenvalue weighted by molar-refractivity contribution is 6.02. The largest absolute Gasteiger partial charge is 0.352 e. The highest BCUT2D eigenvalue weighted by atomic mass is 19.2. The zero-order valence-corrected chi connectivity index (χ0v) is 18.4. The lowest BCUT2D eigenvalue weighted by Gasteiger charge is -2.23. The number of fused-ring (bicyclic) bond motifs is 1. The average Bonchev–Trinajstić information content (AvgIpc) is 3.60. The first-order valence-electron chi connectivity index (χ1n) is 11.1. The smallest absolute Gasteiger partial charge is 0.247 e. The van der Waals surface area contributed by atoms with Crippen LogP contribution >= 0.6 is 0 Å². The molecule has 2 aliphatic rings. The van der Waals surface area contributed by atoms with E-state index in [1.54, 1.807) is 24.3 Å². The summed E-state index contributed by atoms with van der Waals surface area (Å²) < 4.78 is 40.6. The van der Waals surface area contributed by atoms with Gasteiger partial charge in [-0.2, -0.15) is 0 Å². The summed E-state index contributed by atoms with van der Waals surface area (Å²) in [5.74, 6) is -4.56. The molecule has 4 rings (SSSR count). The molecule has 1 aliphatic heterocycles. The number of hydrogen-bond acceptors (Lipinski definition) is 4. The van der Waals surface area contributed by atoms with Crippen molar-refractivity contribution in [2.24, 2.45) is 5.73 Å². The normalized spacial score (nSPS) is 16.6.